The molecule has 0 radical (unpaired) electrons. The number of hydrogen-bond acceptors (Lipinski definition) is 6. The van der Waals surface area contributed by atoms with E-state index in [2.05, 4.69) is 31.8 Å². The summed E-state index contributed by atoms with van der Waals surface area (Å²) in [6, 6.07) is 10.2. The van der Waals surface area contributed by atoms with Gasteiger partial charge in [0.2, 0.25) is 11.8 Å². The third kappa shape index (κ3) is 5.98. The molecule has 2 amide bonds. The van der Waals surface area contributed by atoms with Crippen molar-refractivity contribution in [3.63, 3.8) is 0 Å². The summed E-state index contributed by atoms with van der Waals surface area (Å²) in [5.74, 6) is -0.0462. The van der Waals surface area contributed by atoms with Crippen LogP contribution in [0.5, 0.6) is 17.2 Å². The van der Waals surface area contributed by atoms with Gasteiger partial charge in [-0.1, -0.05) is 28.1 Å². The van der Waals surface area contributed by atoms with Gasteiger partial charge in [-0.15, -0.1) is 0 Å². The molecule has 2 rings (SSSR count). The van der Waals surface area contributed by atoms with Crippen LogP contribution in [0.15, 0.2) is 46.0 Å². The Morgan fingerprint density at radius 2 is 1.79 bits per heavy atom. The maximum Gasteiger partial charge on any atom is 0.240 e. The predicted octanol–water partition coefficient (Wildman–Crippen LogP) is 3.04. The third-order valence-corrected chi connectivity index (χ3v) is 4.10. The van der Waals surface area contributed by atoms with Crippen LogP contribution in [-0.2, 0) is 9.59 Å². The number of amides is 2. The van der Waals surface area contributed by atoms with Gasteiger partial charge in [-0.25, -0.2) is 5.43 Å². The number of carbonyl (C=O) groups excluding carboxylic acids is 2. The van der Waals surface area contributed by atoms with Gasteiger partial charge in [0.1, 0.15) is 5.75 Å². The Bertz CT molecular complexity index is 886. The molecule has 0 saturated carbocycles. The molecule has 3 N–H and O–H groups in total. The van der Waals surface area contributed by atoms with E-state index in [4.69, 9.17) is 9.47 Å². The molecule has 0 bridgehead atoms. The number of nitrogens with one attached hydrogen (secondary N) is 2. The molecule has 28 heavy (non-hydrogen) atoms. The van der Waals surface area contributed by atoms with Crippen LogP contribution in [0.3, 0.4) is 0 Å². The number of phenolic OH excluding ortho intramolecular Hbond substituents is 1. The zero-order valence-electron chi connectivity index (χ0n) is 15.4. The number of ether oxygens (including phenoxy) is 2. The Kier molecular flexibility index (Phi) is 7.82. The minimum atomic E-state index is -0.437. The summed E-state index contributed by atoms with van der Waals surface area (Å²) >= 11 is 3.29. The van der Waals surface area contributed by atoms with Gasteiger partial charge in [-0.3, -0.25) is 9.59 Å². The molecule has 0 saturated heterocycles. The maximum atomic E-state index is 12.0. The predicted molar refractivity (Wildman–Crippen MR) is 109 cm³/mol. The lowest BCUT2D eigenvalue weighted by Crippen LogP contribution is -2.20. The van der Waals surface area contributed by atoms with E-state index in [-0.39, 0.29) is 30.2 Å². The second-order valence-corrected chi connectivity index (χ2v) is 6.50. The molecular weight excluding hydrogens is 430 g/mol. The van der Waals surface area contributed by atoms with E-state index in [0.29, 0.717) is 21.5 Å². The molecule has 2 aromatic rings. The van der Waals surface area contributed by atoms with E-state index in [1.807, 2.05) is 0 Å². The summed E-state index contributed by atoms with van der Waals surface area (Å²) in [4.78, 5) is 23.9. The van der Waals surface area contributed by atoms with Crippen molar-refractivity contribution in [2.75, 3.05) is 19.5 Å². The van der Waals surface area contributed by atoms with Crippen LogP contribution in [0.1, 0.15) is 18.4 Å². The second-order valence-electron chi connectivity index (χ2n) is 5.59. The Hall–Kier alpha value is -3.07. The number of nitrogens with zero attached hydrogens (tertiary/aromatic N) is 1. The summed E-state index contributed by atoms with van der Waals surface area (Å²) in [5.41, 5.74) is 3.21. The fourth-order valence-corrected chi connectivity index (χ4v) is 2.72. The molecule has 0 fully saturated rings. The minimum Gasteiger partial charge on any atom is -0.504 e. The lowest BCUT2D eigenvalue weighted by Gasteiger charge is -2.09. The number of hydrazone groups is 1. The number of para-hydroxylation sites is 2. The van der Waals surface area contributed by atoms with Gasteiger partial charge >= 0.3 is 0 Å². The Morgan fingerprint density at radius 1 is 1.11 bits per heavy atom. The zero-order chi connectivity index (χ0) is 20.5. The van der Waals surface area contributed by atoms with Gasteiger partial charge in [-0.05, 0) is 24.3 Å². The third-order valence-electron chi connectivity index (χ3n) is 3.64. The zero-order valence-corrected chi connectivity index (χ0v) is 16.9. The highest BCUT2D eigenvalue weighted by molar-refractivity contribution is 9.10. The maximum absolute atomic E-state index is 12.0. The van der Waals surface area contributed by atoms with E-state index >= 15 is 0 Å². The number of rotatable bonds is 8. The van der Waals surface area contributed by atoms with Crippen molar-refractivity contribution in [2.24, 2.45) is 5.10 Å². The number of carbonyl (C=O) groups is 2. The number of benzene rings is 2. The van der Waals surface area contributed by atoms with E-state index in [9.17, 15) is 14.7 Å². The number of anilines is 1. The van der Waals surface area contributed by atoms with Crippen LogP contribution in [0.4, 0.5) is 5.69 Å². The minimum absolute atomic E-state index is 0.0185. The van der Waals surface area contributed by atoms with E-state index in [1.165, 1.54) is 20.4 Å². The van der Waals surface area contributed by atoms with Crippen LogP contribution < -0.4 is 20.2 Å². The van der Waals surface area contributed by atoms with Crippen LogP contribution >= 0.6 is 15.9 Å². The Morgan fingerprint density at radius 3 is 2.50 bits per heavy atom. The van der Waals surface area contributed by atoms with Gasteiger partial charge in [-0.2, -0.15) is 5.10 Å². The molecule has 2 aromatic carbocycles. The van der Waals surface area contributed by atoms with Gasteiger partial charge in [0, 0.05) is 22.9 Å². The first-order valence-electron chi connectivity index (χ1n) is 8.26. The van der Waals surface area contributed by atoms with Crippen LogP contribution in [0.25, 0.3) is 0 Å². The van der Waals surface area contributed by atoms with Crippen LogP contribution in [0, 0.1) is 0 Å². The number of halogens is 1. The Balaban J connectivity index is 1.85. The SMILES string of the molecule is COc1ccccc1NC(=O)CCC(=O)NN=Cc1cc(Br)cc(OC)c1O. The smallest absolute Gasteiger partial charge is 0.240 e. The fourth-order valence-electron chi connectivity index (χ4n) is 2.27. The molecule has 148 valence electrons. The van der Waals surface area contributed by atoms with Gasteiger partial charge in [0.15, 0.2) is 11.5 Å². The molecule has 0 spiro atoms. The second kappa shape index (κ2) is 10.3. The van der Waals surface area contributed by atoms with Crippen molar-refractivity contribution in [1.82, 2.24) is 5.43 Å². The normalized spacial score (nSPS) is 10.5. The molecule has 0 aliphatic heterocycles. The standard InChI is InChI=1S/C19H20BrN3O5/c1-27-15-6-4-3-5-14(15)22-17(24)7-8-18(25)23-21-11-12-9-13(20)10-16(28-2)19(12)26/h3-6,9-11,26H,7-8H2,1-2H3,(H,22,24)(H,23,25). The molecule has 0 unspecified atom stereocenters. The van der Waals surface area contributed by atoms with Crippen molar-refractivity contribution in [3.05, 3.63) is 46.4 Å². The number of hydrogen-bond donors (Lipinski definition) is 3. The van der Waals surface area contributed by atoms with Crippen LogP contribution in [0.2, 0.25) is 0 Å². The molecule has 0 aliphatic rings. The largest absolute Gasteiger partial charge is 0.504 e. The first-order valence-corrected chi connectivity index (χ1v) is 9.05. The average molecular weight is 450 g/mol. The van der Waals surface area contributed by atoms with E-state index in [1.54, 1.807) is 36.4 Å². The van der Waals surface area contributed by atoms with Crippen molar-refractivity contribution >= 4 is 39.6 Å². The summed E-state index contributed by atoms with van der Waals surface area (Å²) in [7, 11) is 2.94. The van der Waals surface area contributed by atoms with Crippen molar-refractivity contribution in [3.8, 4) is 17.2 Å². The molecular formula is C19H20BrN3O5. The Labute approximate surface area is 170 Å². The molecule has 0 heterocycles. The highest BCUT2D eigenvalue weighted by atomic mass is 79.9. The summed E-state index contributed by atoms with van der Waals surface area (Å²) in [6.45, 7) is 0. The lowest BCUT2D eigenvalue weighted by atomic mass is 10.2. The molecule has 9 heteroatoms. The lowest BCUT2D eigenvalue weighted by molar-refractivity contribution is -0.124. The summed E-state index contributed by atoms with van der Waals surface area (Å²) in [6.07, 6.45) is 1.22. The number of phenols is 1. The van der Waals surface area contributed by atoms with Gasteiger partial charge < -0.3 is 19.9 Å². The molecule has 8 nitrogen and oxygen atoms in total. The van der Waals surface area contributed by atoms with Crippen molar-refractivity contribution in [2.45, 2.75) is 12.8 Å². The topological polar surface area (TPSA) is 109 Å². The van der Waals surface area contributed by atoms with Gasteiger partial charge in [0.25, 0.3) is 0 Å². The quantitative estimate of drug-likeness (QED) is 0.423. The van der Waals surface area contributed by atoms with Crippen molar-refractivity contribution in [1.29, 1.82) is 0 Å². The van der Waals surface area contributed by atoms with Gasteiger partial charge in [0.05, 0.1) is 26.1 Å². The average Bonchev–Trinajstić information content (AvgIpc) is 2.69. The number of methoxy groups -OCH3 is 2. The van der Waals surface area contributed by atoms with E-state index in [0.717, 1.165) is 0 Å². The van der Waals surface area contributed by atoms with Crippen LogP contribution in [-0.4, -0.2) is 37.4 Å². The summed E-state index contributed by atoms with van der Waals surface area (Å²) < 4.78 is 10.9. The van der Waals surface area contributed by atoms with E-state index < -0.39 is 5.91 Å². The molecule has 0 atom stereocenters. The first-order chi connectivity index (χ1) is 13.4. The molecule has 0 aliphatic carbocycles. The molecule has 0 aromatic heterocycles. The number of aromatic hydroxyl groups is 1. The highest BCUT2D eigenvalue weighted by Gasteiger charge is 2.10. The monoisotopic (exact) mass is 449 g/mol. The first kappa shape index (κ1) is 21.2. The summed E-state index contributed by atoms with van der Waals surface area (Å²) in [5, 5.41) is 16.5. The van der Waals surface area contributed by atoms with Crippen molar-refractivity contribution < 1.29 is 24.2 Å². The highest BCUT2D eigenvalue weighted by Crippen LogP contribution is 2.32. The fraction of sp³-hybridized carbons (Fsp3) is 0.211.